The van der Waals surface area contributed by atoms with Crippen LogP contribution in [0.15, 0.2) is 42.5 Å². The molecule has 1 aliphatic heterocycles. The van der Waals surface area contributed by atoms with Crippen molar-refractivity contribution in [3.05, 3.63) is 63.6 Å². The molecule has 5 nitrogen and oxygen atoms in total. The molecule has 3 rings (SSSR count). The summed E-state index contributed by atoms with van der Waals surface area (Å²) in [5, 5.41) is 4.03. The number of nitrogens with one attached hydrogen (secondary N) is 1. The van der Waals surface area contributed by atoms with Gasteiger partial charge in [-0.1, -0.05) is 29.3 Å². The molecule has 0 saturated carbocycles. The van der Waals surface area contributed by atoms with Crippen LogP contribution in [-0.4, -0.2) is 43.0 Å². The zero-order valence-corrected chi connectivity index (χ0v) is 16.4. The Morgan fingerprint density at radius 2 is 1.78 bits per heavy atom. The van der Waals surface area contributed by atoms with Gasteiger partial charge in [-0.05, 0) is 49.2 Å². The minimum atomic E-state index is -0.154. The van der Waals surface area contributed by atoms with Gasteiger partial charge < -0.3 is 15.0 Å². The Morgan fingerprint density at radius 3 is 2.44 bits per heavy atom. The van der Waals surface area contributed by atoms with E-state index in [1.807, 2.05) is 0 Å². The first-order valence-corrected chi connectivity index (χ1v) is 9.43. The number of ether oxygens (including phenoxy) is 1. The lowest BCUT2D eigenvalue weighted by Gasteiger charge is -2.32. The van der Waals surface area contributed by atoms with E-state index in [-0.39, 0.29) is 17.9 Å². The molecule has 0 spiro atoms. The number of hydrogen-bond donors (Lipinski definition) is 1. The summed E-state index contributed by atoms with van der Waals surface area (Å²) in [4.78, 5) is 26.9. The normalized spacial score (nSPS) is 14.7. The number of nitrogens with zero attached hydrogens (tertiary/aromatic N) is 1. The maximum atomic E-state index is 12.8. The molecular formula is C20H20Cl2N2O3. The molecule has 142 valence electrons. The van der Waals surface area contributed by atoms with Crippen LogP contribution in [0.2, 0.25) is 10.0 Å². The largest absolute Gasteiger partial charge is 0.496 e. The van der Waals surface area contributed by atoms with Gasteiger partial charge in [0.05, 0.1) is 12.7 Å². The van der Waals surface area contributed by atoms with Crippen molar-refractivity contribution < 1.29 is 14.3 Å². The van der Waals surface area contributed by atoms with Crippen molar-refractivity contribution in [2.45, 2.75) is 18.9 Å². The first kappa shape index (κ1) is 19.5. The van der Waals surface area contributed by atoms with E-state index in [0.29, 0.717) is 52.9 Å². The average Bonchev–Trinajstić information content (AvgIpc) is 2.68. The third-order valence-corrected chi connectivity index (χ3v) is 5.07. The topological polar surface area (TPSA) is 58.6 Å². The first-order chi connectivity index (χ1) is 13.0. The SMILES string of the molecule is COc1ccc(Cl)cc1C(=O)N1CCC(NC(=O)c2cccc(Cl)c2)CC1. The van der Waals surface area contributed by atoms with Crippen molar-refractivity contribution in [1.29, 1.82) is 0 Å². The lowest BCUT2D eigenvalue weighted by atomic mass is 10.0. The molecule has 2 aromatic rings. The number of likely N-dealkylation sites (tertiary alicyclic amines) is 1. The number of carbonyl (C=O) groups is 2. The Hall–Kier alpha value is -2.24. The fourth-order valence-corrected chi connectivity index (χ4v) is 3.51. The van der Waals surface area contributed by atoms with E-state index >= 15 is 0 Å². The summed E-state index contributed by atoms with van der Waals surface area (Å²) in [5.41, 5.74) is 0.982. The van der Waals surface area contributed by atoms with Crippen LogP contribution in [0, 0.1) is 0 Å². The summed E-state index contributed by atoms with van der Waals surface area (Å²) >= 11 is 12.0. The maximum Gasteiger partial charge on any atom is 0.257 e. The van der Waals surface area contributed by atoms with Crippen molar-refractivity contribution in [3.8, 4) is 5.75 Å². The van der Waals surface area contributed by atoms with E-state index < -0.39 is 0 Å². The Kier molecular flexibility index (Phi) is 6.24. The molecule has 0 aromatic heterocycles. The highest BCUT2D eigenvalue weighted by atomic mass is 35.5. The summed E-state index contributed by atoms with van der Waals surface area (Å²) < 4.78 is 5.27. The monoisotopic (exact) mass is 406 g/mol. The Morgan fingerprint density at radius 1 is 1.07 bits per heavy atom. The second-order valence-electron chi connectivity index (χ2n) is 6.39. The van der Waals surface area contributed by atoms with Crippen molar-refractivity contribution in [1.82, 2.24) is 10.2 Å². The van der Waals surface area contributed by atoms with Gasteiger partial charge in [-0.15, -0.1) is 0 Å². The van der Waals surface area contributed by atoms with E-state index in [1.165, 1.54) is 7.11 Å². The van der Waals surface area contributed by atoms with Gasteiger partial charge >= 0.3 is 0 Å². The molecule has 2 aromatic carbocycles. The number of halogens is 2. The van der Waals surface area contributed by atoms with Crippen molar-refractivity contribution in [3.63, 3.8) is 0 Å². The molecule has 1 saturated heterocycles. The van der Waals surface area contributed by atoms with Gasteiger partial charge in [0.25, 0.3) is 11.8 Å². The predicted molar refractivity (Wildman–Crippen MR) is 106 cm³/mol. The summed E-state index contributed by atoms with van der Waals surface area (Å²) in [5.74, 6) is 0.230. The molecule has 0 radical (unpaired) electrons. The van der Waals surface area contributed by atoms with E-state index in [9.17, 15) is 9.59 Å². The quantitative estimate of drug-likeness (QED) is 0.833. The highest BCUT2D eigenvalue weighted by molar-refractivity contribution is 6.31. The molecule has 0 aliphatic carbocycles. The van der Waals surface area contributed by atoms with Gasteiger partial charge in [0, 0.05) is 34.7 Å². The van der Waals surface area contributed by atoms with Crippen molar-refractivity contribution in [2.75, 3.05) is 20.2 Å². The summed E-state index contributed by atoms with van der Waals surface area (Å²) in [7, 11) is 1.53. The Bertz CT molecular complexity index is 849. The molecule has 1 heterocycles. The van der Waals surface area contributed by atoms with E-state index in [4.69, 9.17) is 27.9 Å². The summed E-state index contributed by atoms with van der Waals surface area (Å²) in [6.45, 7) is 1.10. The highest BCUT2D eigenvalue weighted by Gasteiger charge is 2.26. The minimum absolute atomic E-state index is 0.0155. The molecule has 2 amide bonds. The van der Waals surface area contributed by atoms with Crippen LogP contribution in [0.1, 0.15) is 33.6 Å². The van der Waals surface area contributed by atoms with Crippen LogP contribution in [0.5, 0.6) is 5.75 Å². The van der Waals surface area contributed by atoms with Crippen LogP contribution < -0.4 is 10.1 Å². The third-order valence-electron chi connectivity index (χ3n) is 4.60. The highest BCUT2D eigenvalue weighted by Crippen LogP contribution is 2.25. The molecule has 27 heavy (non-hydrogen) atoms. The van der Waals surface area contributed by atoms with Crippen LogP contribution >= 0.6 is 23.2 Å². The van der Waals surface area contributed by atoms with Crippen LogP contribution in [0.3, 0.4) is 0 Å². The number of carbonyl (C=O) groups excluding carboxylic acids is 2. The molecule has 7 heteroatoms. The first-order valence-electron chi connectivity index (χ1n) is 8.67. The summed E-state index contributed by atoms with van der Waals surface area (Å²) in [6, 6.07) is 11.9. The van der Waals surface area contributed by atoms with E-state index in [1.54, 1.807) is 47.4 Å². The van der Waals surface area contributed by atoms with Gasteiger partial charge in [-0.3, -0.25) is 9.59 Å². The Balaban J connectivity index is 1.59. The molecule has 0 unspecified atom stereocenters. The van der Waals surface area contributed by atoms with Gasteiger partial charge in [0.15, 0.2) is 0 Å². The van der Waals surface area contributed by atoms with Gasteiger partial charge in [0.2, 0.25) is 0 Å². The maximum absolute atomic E-state index is 12.8. The number of methoxy groups -OCH3 is 1. The molecule has 0 atom stereocenters. The molecule has 1 aliphatic rings. The fraction of sp³-hybridized carbons (Fsp3) is 0.300. The molecule has 1 N–H and O–H groups in total. The lowest BCUT2D eigenvalue weighted by Crippen LogP contribution is -2.46. The molecule has 1 fully saturated rings. The lowest BCUT2D eigenvalue weighted by molar-refractivity contribution is 0.0695. The average molecular weight is 407 g/mol. The summed E-state index contributed by atoms with van der Waals surface area (Å²) in [6.07, 6.45) is 1.36. The number of piperidine rings is 1. The number of hydrogen-bond acceptors (Lipinski definition) is 3. The minimum Gasteiger partial charge on any atom is -0.496 e. The zero-order valence-electron chi connectivity index (χ0n) is 14.9. The number of benzene rings is 2. The second kappa shape index (κ2) is 8.63. The molecular weight excluding hydrogens is 387 g/mol. The number of amides is 2. The third kappa shape index (κ3) is 4.73. The van der Waals surface area contributed by atoms with Crippen LogP contribution in [0.25, 0.3) is 0 Å². The standard InChI is InChI=1S/C20H20Cl2N2O3/c1-27-18-6-5-15(22)12-17(18)20(26)24-9-7-16(8-10-24)23-19(25)13-3-2-4-14(21)11-13/h2-6,11-12,16H,7-10H2,1H3,(H,23,25). The van der Waals surface area contributed by atoms with Gasteiger partial charge in [-0.2, -0.15) is 0 Å². The van der Waals surface area contributed by atoms with Crippen LogP contribution in [-0.2, 0) is 0 Å². The smallest absolute Gasteiger partial charge is 0.257 e. The van der Waals surface area contributed by atoms with Crippen molar-refractivity contribution in [2.24, 2.45) is 0 Å². The fourth-order valence-electron chi connectivity index (χ4n) is 3.14. The molecule has 0 bridgehead atoms. The zero-order chi connectivity index (χ0) is 19.4. The van der Waals surface area contributed by atoms with E-state index in [2.05, 4.69) is 5.32 Å². The van der Waals surface area contributed by atoms with Gasteiger partial charge in [0.1, 0.15) is 5.75 Å². The van der Waals surface area contributed by atoms with Crippen LogP contribution in [0.4, 0.5) is 0 Å². The Labute approximate surface area is 168 Å². The number of rotatable bonds is 4. The van der Waals surface area contributed by atoms with Gasteiger partial charge in [-0.25, -0.2) is 0 Å². The van der Waals surface area contributed by atoms with Crippen molar-refractivity contribution >= 4 is 35.0 Å². The second-order valence-corrected chi connectivity index (χ2v) is 7.27. The van der Waals surface area contributed by atoms with E-state index in [0.717, 1.165) is 0 Å². The predicted octanol–water partition coefficient (Wildman–Crippen LogP) is 4.04.